The first-order chi connectivity index (χ1) is 20.9. The monoisotopic (exact) mass is 645 g/mol. The van der Waals surface area contributed by atoms with Crippen LogP contribution in [0.5, 0.6) is 17.2 Å². The zero-order chi connectivity index (χ0) is 32.4. The van der Waals surface area contributed by atoms with Crippen LogP contribution in [-0.4, -0.2) is 65.1 Å². The van der Waals surface area contributed by atoms with Gasteiger partial charge in [0.25, 0.3) is 10.0 Å². The number of carbonyl (C=O) groups excluding carboxylic acids is 2. The molecule has 238 valence electrons. The molecule has 0 aliphatic heterocycles. The Labute approximate surface area is 264 Å². The van der Waals surface area contributed by atoms with Gasteiger partial charge in [-0.2, -0.15) is 0 Å². The maximum Gasteiger partial charge on any atom is 0.264 e. The summed E-state index contributed by atoms with van der Waals surface area (Å²) < 4.78 is 45.5. The minimum absolute atomic E-state index is 0.0309. The fourth-order valence-corrected chi connectivity index (χ4v) is 6.02. The number of carbonyl (C=O) groups is 2. The maximum absolute atomic E-state index is 14.2. The number of amides is 2. The van der Waals surface area contributed by atoms with E-state index in [0.717, 1.165) is 4.31 Å². The van der Waals surface area contributed by atoms with Crippen molar-refractivity contribution in [3.8, 4) is 17.2 Å². The molecule has 0 saturated carbocycles. The number of ether oxygens (including phenoxy) is 3. The molecule has 0 aromatic heterocycles. The van der Waals surface area contributed by atoms with Gasteiger partial charge in [-0.25, -0.2) is 8.42 Å². The Morgan fingerprint density at radius 1 is 0.932 bits per heavy atom. The minimum Gasteiger partial charge on any atom is -0.494 e. The summed E-state index contributed by atoms with van der Waals surface area (Å²) in [6.45, 7) is 7.68. The lowest BCUT2D eigenvalue weighted by Crippen LogP contribution is -2.51. The summed E-state index contributed by atoms with van der Waals surface area (Å²) in [6.07, 6.45) is 0. The molecular weight excluding hydrogens is 606 g/mol. The standard InChI is InChI=1S/C32H40ClN3O7S/c1-7-43-27-13-11-26(12-14-27)36(44(39,40)28-15-16-29(41-5)30(18-28)42-6)21-31(37)35(20-24-9-8-10-25(33)17-24)23(4)32(38)34-19-22(2)3/h8-18,22-23H,7,19-21H2,1-6H3,(H,34,38)/t23-/m1/s1. The lowest BCUT2D eigenvalue weighted by atomic mass is 10.1. The summed E-state index contributed by atoms with van der Waals surface area (Å²) in [5.74, 6) is 0.363. The molecule has 3 rings (SSSR count). The zero-order valence-corrected chi connectivity index (χ0v) is 27.4. The number of anilines is 1. The van der Waals surface area contributed by atoms with Gasteiger partial charge in [0.2, 0.25) is 11.8 Å². The van der Waals surface area contributed by atoms with Crippen molar-refractivity contribution < 1.29 is 32.2 Å². The maximum atomic E-state index is 14.2. The highest BCUT2D eigenvalue weighted by Gasteiger charge is 2.33. The van der Waals surface area contributed by atoms with E-state index in [0.29, 0.717) is 35.2 Å². The molecule has 0 aliphatic rings. The highest BCUT2D eigenvalue weighted by molar-refractivity contribution is 7.92. The second-order valence-corrected chi connectivity index (χ2v) is 12.7. The fourth-order valence-electron chi connectivity index (χ4n) is 4.38. The van der Waals surface area contributed by atoms with Crippen LogP contribution in [0, 0.1) is 5.92 Å². The second-order valence-electron chi connectivity index (χ2n) is 10.4. The van der Waals surface area contributed by atoms with Crippen molar-refractivity contribution in [2.75, 3.05) is 38.2 Å². The van der Waals surface area contributed by atoms with Crippen LogP contribution in [0.1, 0.15) is 33.3 Å². The topological polar surface area (TPSA) is 114 Å². The summed E-state index contributed by atoms with van der Waals surface area (Å²) >= 11 is 6.21. The average molecular weight is 646 g/mol. The predicted molar refractivity (Wildman–Crippen MR) is 171 cm³/mol. The van der Waals surface area contributed by atoms with Crippen LogP contribution in [0.2, 0.25) is 5.02 Å². The van der Waals surface area contributed by atoms with Crippen LogP contribution in [0.4, 0.5) is 5.69 Å². The third-order valence-corrected chi connectivity index (χ3v) is 8.76. The normalized spacial score (nSPS) is 11.9. The zero-order valence-electron chi connectivity index (χ0n) is 25.9. The van der Waals surface area contributed by atoms with Crippen LogP contribution in [0.25, 0.3) is 0 Å². The Morgan fingerprint density at radius 3 is 2.20 bits per heavy atom. The Balaban J connectivity index is 2.07. The molecule has 10 nitrogen and oxygen atoms in total. The van der Waals surface area contributed by atoms with Crippen molar-refractivity contribution in [3.05, 3.63) is 77.3 Å². The number of sulfonamides is 1. The smallest absolute Gasteiger partial charge is 0.264 e. The Kier molecular flexibility index (Phi) is 12.3. The van der Waals surface area contributed by atoms with E-state index in [1.165, 1.54) is 37.3 Å². The SMILES string of the molecule is CCOc1ccc(N(CC(=O)N(Cc2cccc(Cl)c2)[C@H](C)C(=O)NCC(C)C)S(=O)(=O)c2ccc(OC)c(OC)c2)cc1. The molecule has 1 N–H and O–H groups in total. The summed E-state index contributed by atoms with van der Waals surface area (Å²) in [5, 5.41) is 3.34. The van der Waals surface area contributed by atoms with Gasteiger partial charge >= 0.3 is 0 Å². The number of nitrogens with one attached hydrogen (secondary N) is 1. The number of methoxy groups -OCH3 is 2. The van der Waals surface area contributed by atoms with Crippen LogP contribution >= 0.6 is 11.6 Å². The predicted octanol–water partition coefficient (Wildman–Crippen LogP) is 5.14. The minimum atomic E-state index is -4.32. The molecule has 2 amide bonds. The van der Waals surface area contributed by atoms with Crippen molar-refractivity contribution in [1.29, 1.82) is 0 Å². The van der Waals surface area contributed by atoms with E-state index in [2.05, 4.69) is 5.32 Å². The highest BCUT2D eigenvalue weighted by atomic mass is 35.5. The number of hydrogen-bond donors (Lipinski definition) is 1. The molecule has 0 bridgehead atoms. The lowest BCUT2D eigenvalue weighted by Gasteiger charge is -2.32. The van der Waals surface area contributed by atoms with Crippen LogP contribution < -0.4 is 23.8 Å². The van der Waals surface area contributed by atoms with Crippen molar-refractivity contribution in [3.63, 3.8) is 0 Å². The molecule has 1 atom stereocenters. The summed E-state index contributed by atoms with van der Waals surface area (Å²) in [5.41, 5.74) is 0.918. The third kappa shape index (κ3) is 8.79. The molecule has 0 radical (unpaired) electrons. The molecule has 0 unspecified atom stereocenters. The van der Waals surface area contributed by atoms with Gasteiger partial charge in [-0.15, -0.1) is 0 Å². The average Bonchev–Trinajstić information content (AvgIpc) is 3.01. The highest BCUT2D eigenvalue weighted by Crippen LogP contribution is 2.33. The van der Waals surface area contributed by atoms with E-state index in [1.807, 2.05) is 20.8 Å². The van der Waals surface area contributed by atoms with Gasteiger partial charge in [-0.1, -0.05) is 37.6 Å². The van der Waals surface area contributed by atoms with Gasteiger partial charge in [-0.3, -0.25) is 13.9 Å². The number of hydrogen-bond acceptors (Lipinski definition) is 7. The number of nitrogens with zero attached hydrogens (tertiary/aromatic N) is 2. The molecule has 44 heavy (non-hydrogen) atoms. The van der Waals surface area contributed by atoms with Gasteiger partial charge in [0.15, 0.2) is 11.5 Å². The molecule has 0 fully saturated rings. The van der Waals surface area contributed by atoms with Gasteiger partial charge in [0.05, 0.1) is 31.4 Å². The van der Waals surface area contributed by atoms with E-state index in [1.54, 1.807) is 55.5 Å². The molecule has 12 heteroatoms. The first-order valence-electron chi connectivity index (χ1n) is 14.2. The van der Waals surface area contributed by atoms with Crippen molar-refractivity contribution >= 4 is 39.1 Å². The Hall–Kier alpha value is -3.96. The van der Waals surface area contributed by atoms with Crippen LogP contribution in [0.15, 0.2) is 71.6 Å². The van der Waals surface area contributed by atoms with Crippen molar-refractivity contribution in [1.82, 2.24) is 10.2 Å². The van der Waals surface area contributed by atoms with Gasteiger partial charge in [0.1, 0.15) is 18.3 Å². The van der Waals surface area contributed by atoms with E-state index in [9.17, 15) is 18.0 Å². The molecule has 3 aromatic carbocycles. The number of halogens is 1. The molecule has 0 aliphatic carbocycles. The summed E-state index contributed by atoms with van der Waals surface area (Å²) in [6, 6.07) is 16.6. The van der Waals surface area contributed by atoms with Gasteiger partial charge in [-0.05, 0) is 73.9 Å². The number of benzene rings is 3. The second kappa shape index (κ2) is 15.7. The van der Waals surface area contributed by atoms with E-state index < -0.39 is 28.5 Å². The first-order valence-corrected chi connectivity index (χ1v) is 16.0. The van der Waals surface area contributed by atoms with E-state index in [-0.39, 0.29) is 34.7 Å². The molecule has 3 aromatic rings. The largest absolute Gasteiger partial charge is 0.494 e. The lowest BCUT2D eigenvalue weighted by molar-refractivity contribution is -0.139. The van der Waals surface area contributed by atoms with Gasteiger partial charge in [0, 0.05) is 24.2 Å². The van der Waals surface area contributed by atoms with Crippen LogP contribution in [0.3, 0.4) is 0 Å². The summed E-state index contributed by atoms with van der Waals surface area (Å²) in [7, 11) is -1.47. The third-order valence-electron chi connectivity index (χ3n) is 6.75. The molecule has 0 spiro atoms. The van der Waals surface area contributed by atoms with Crippen molar-refractivity contribution in [2.45, 2.75) is 45.2 Å². The Morgan fingerprint density at radius 2 is 1.61 bits per heavy atom. The molecule has 0 heterocycles. The quantitative estimate of drug-likeness (QED) is 0.243. The number of rotatable bonds is 15. The van der Waals surface area contributed by atoms with Gasteiger partial charge < -0.3 is 24.4 Å². The summed E-state index contributed by atoms with van der Waals surface area (Å²) in [4.78, 5) is 28.5. The first kappa shape index (κ1) is 34.5. The van der Waals surface area contributed by atoms with E-state index >= 15 is 0 Å². The van der Waals surface area contributed by atoms with Crippen molar-refractivity contribution in [2.24, 2.45) is 5.92 Å². The Bertz CT molecular complexity index is 1530. The fraction of sp³-hybridized carbons (Fsp3) is 0.375. The van der Waals surface area contributed by atoms with E-state index in [4.69, 9.17) is 25.8 Å². The van der Waals surface area contributed by atoms with Crippen LogP contribution in [-0.2, 0) is 26.2 Å². The molecule has 0 saturated heterocycles. The molecular formula is C32H40ClN3O7S.